The molecule has 0 aromatic carbocycles. The van der Waals surface area contributed by atoms with E-state index in [4.69, 9.17) is 5.73 Å². The quantitative estimate of drug-likeness (QED) is 0.771. The van der Waals surface area contributed by atoms with E-state index in [1.54, 1.807) is 0 Å². The Morgan fingerprint density at radius 1 is 1.07 bits per heavy atom. The monoisotopic (exact) mass is 210 g/mol. The van der Waals surface area contributed by atoms with Crippen LogP contribution in [0.15, 0.2) is 0 Å². The fraction of sp³-hybridized carbons (Fsp3) is 1.00. The van der Waals surface area contributed by atoms with Crippen LogP contribution < -0.4 is 5.73 Å². The van der Waals surface area contributed by atoms with Crippen LogP contribution in [0.1, 0.15) is 33.1 Å². The van der Waals surface area contributed by atoms with Gasteiger partial charge in [-0.1, -0.05) is 20.3 Å². The maximum atomic E-state index is 5.83. The van der Waals surface area contributed by atoms with Gasteiger partial charge in [0.1, 0.15) is 0 Å². The molecule has 0 amide bonds. The van der Waals surface area contributed by atoms with Gasteiger partial charge < -0.3 is 10.6 Å². The van der Waals surface area contributed by atoms with Crippen molar-refractivity contribution >= 4 is 0 Å². The molecule has 2 heteroatoms. The number of rotatable bonds is 3. The largest absolute Gasteiger partial charge is 0.330 e. The third-order valence-electron chi connectivity index (χ3n) is 4.68. The van der Waals surface area contributed by atoms with Gasteiger partial charge in [0, 0.05) is 19.6 Å². The van der Waals surface area contributed by atoms with Crippen molar-refractivity contribution in [3.63, 3.8) is 0 Å². The van der Waals surface area contributed by atoms with E-state index in [2.05, 4.69) is 18.7 Å². The molecule has 0 spiro atoms. The second kappa shape index (κ2) is 4.84. The van der Waals surface area contributed by atoms with Crippen LogP contribution in [0.4, 0.5) is 0 Å². The van der Waals surface area contributed by atoms with Crippen LogP contribution in [0.5, 0.6) is 0 Å². The summed E-state index contributed by atoms with van der Waals surface area (Å²) >= 11 is 0. The van der Waals surface area contributed by atoms with Crippen molar-refractivity contribution in [3.8, 4) is 0 Å². The molecule has 0 aromatic rings. The molecule has 1 saturated carbocycles. The number of hydrogen-bond donors (Lipinski definition) is 1. The highest BCUT2D eigenvalue weighted by Crippen LogP contribution is 2.33. The SMILES string of the molecule is CC1CN(CC2CCCC2CN)CC1C. The first kappa shape index (κ1) is 11.4. The second-order valence-corrected chi connectivity index (χ2v) is 5.86. The third-order valence-corrected chi connectivity index (χ3v) is 4.68. The summed E-state index contributed by atoms with van der Waals surface area (Å²) in [5, 5.41) is 0. The summed E-state index contributed by atoms with van der Waals surface area (Å²) in [5.41, 5.74) is 5.83. The van der Waals surface area contributed by atoms with Crippen LogP contribution in [-0.2, 0) is 0 Å². The minimum Gasteiger partial charge on any atom is -0.330 e. The predicted molar refractivity (Wildman–Crippen MR) is 64.7 cm³/mol. The van der Waals surface area contributed by atoms with E-state index in [0.717, 1.165) is 30.2 Å². The van der Waals surface area contributed by atoms with Crippen molar-refractivity contribution in [2.45, 2.75) is 33.1 Å². The van der Waals surface area contributed by atoms with Crippen LogP contribution in [-0.4, -0.2) is 31.1 Å². The maximum Gasteiger partial charge on any atom is 0.00130 e. The van der Waals surface area contributed by atoms with Gasteiger partial charge in [-0.05, 0) is 43.1 Å². The van der Waals surface area contributed by atoms with Crippen LogP contribution in [0.2, 0.25) is 0 Å². The average molecular weight is 210 g/mol. The topological polar surface area (TPSA) is 29.3 Å². The first-order chi connectivity index (χ1) is 7.20. The van der Waals surface area contributed by atoms with Crippen molar-refractivity contribution in [1.29, 1.82) is 0 Å². The molecule has 2 rings (SSSR count). The Hall–Kier alpha value is -0.0800. The summed E-state index contributed by atoms with van der Waals surface area (Å²) in [4.78, 5) is 2.67. The maximum absolute atomic E-state index is 5.83. The molecule has 4 unspecified atom stereocenters. The normalized spacial score (nSPS) is 42.6. The van der Waals surface area contributed by atoms with Gasteiger partial charge in [0.2, 0.25) is 0 Å². The van der Waals surface area contributed by atoms with Gasteiger partial charge in [-0.25, -0.2) is 0 Å². The zero-order valence-corrected chi connectivity index (χ0v) is 10.3. The third kappa shape index (κ3) is 2.54. The van der Waals surface area contributed by atoms with E-state index in [9.17, 15) is 0 Å². The minimum absolute atomic E-state index is 0.816. The molecule has 88 valence electrons. The number of nitrogens with zero attached hydrogens (tertiary/aromatic N) is 1. The van der Waals surface area contributed by atoms with E-state index in [1.807, 2.05) is 0 Å². The van der Waals surface area contributed by atoms with Crippen LogP contribution in [0.25, 0.3) is 0 Å². The zero-order valence-electron chi connectivity index (χ0n) is 10.3. The summed E-state index contributed by atoms with van der Waals surface area (Å²) in [6.07, 6.45) is 4.20. The van der Waals surface area contributed by atoms with Crippen LogP contribution in [0.3, 0.4) is 0 Å². The highest BCUT2D eigenvalue weighted by atomic mass is 15.2. The zero-order chi connectivity index (χ0) is 10.8. The Balaban J connectivity index is 1.82. The molecular weight excluding hydrogens is 184 g/mol. The Morgan fingerprint density at radius 2 is 1.67 bits per heavy atom. The molecule has 2 N–H and O–H groups in total. The fourth-order valence-electron chi connectivity index (χ4n) is 3.39. The molecule has 2 fully saturated rings. The van der Waals surface area contributed by atoms with E-state index in [-0.39, 0.29) is 0 Å². The highest BCUT2D eigenvalue weighted by Gasteiger charge is 2.32. The van der Waals surface area contributed by atoms with E-state index in [1.165, 1.54) is 38.9 Å². The molecule has 2 aliphatic rings. The first-order valence-corrected chi connectivity index (χ1v) is 6.63. The molecule has 0 radical (unpaired) electrons. The molecular formula is C13H26N2. The second-order valence-electron chi connectivity index (χ2n) is 5.86. The molecule has 0 aromatic heterocycles. The molecule has 4 atom stereocenters. The summed E-state index contributed by atoms with van der Waals surface area (Å²) in [7, 11) is 0. The highest BCUT2D eigenvalue weighted by molar-refractivity contribution is 4.85. The number of hydrogen-bond acceptors (Lipinski definition) is 2. The van der Waals surface area contributed by atoms with Crippen molar-refractivity contribution in [2.24, 2.45) is 29.4 Å². The molecule has 1 aliphatic carbocycles. The van der Waals surface area contributed by atoms with Gasteiger partial charge >= 0.3 is 0 Å². The molecule has 15 heavy (non-hydrogen) atoms. The molecule has 1 heterocycles. The molecule has 0 bridgehead atoms. The van der Waals surface area contributed by atoms with Crippen molar-refractivity contribution in [3.05, 3.63) is 0 Å². The molecule has 1 saturated heterocycles. The van der Waals surface area contributed by atoms with Gasteiger partial charge in [0.05, 0.1) is 0 Å². The minimum atomic E-state index is 0.816. The lowest BCUT2D eigenvalue weighted by atomic mass is 9.96. The van der Waals surface area contributed by atoms with Gasteiger partial charge in [0.25, 0.3) is 0 Å². The Kier molecular flexibility index (Phi) is 3.68. The lowest BCUT2D eigenvalue weighted by molar-refractivity contribution is 0.235. The van der Waals surface area contributed by atoms with Crippen molar-refractivity contribution < 1.29 is 0 Å². The number of likely N-dealkylation sites (tertiary alicyclic amines) is 1. The summed E-state index contributed by atoms with van der Waals surface area (Å²) in [5.74, 6) is 3.49. The van der Waals surface area contributed by atoms with Gasteiger partial charge in [-0.2, -0.15) is 0 Å². The Morgan fingerprint density at radius 3 is 2.27 bits per heavy atom. The van der Waals surface area contributed by atoms with Gasteiger partial charge in [0.15, 0.2) is 0 Å². The van der Waals surface area contributed by atoms with E-state index in [0.29, 0.717) is 0 Å². The van der Waals surface area contributed by atoms with E-state index >= 15 is 0 Å². The van der Waals surface area contributed by atoms with Crippen molar-refractivity contribution in [1.82, 2.24) is 4.90 Å². The van der Waals surface area contributed by atoms with E-state index < -0.39 is 0 Å². The smallest absolute Gasteiger partial charge is 0.00130 e. The van der Waals surface area contributed by atoms with Gasteiger partial charge in [-0.3, -0.25) is 0 Å². The Bertz CT molecular complexity index is 195. The predicted octanol–water partition coefficient (Wildman–Crippen LogP) is 1.95. The summed E-state index contributed by atoms with van der Waals surface area (Å²) in [6.45, 7) is 9.63. The average Bonchev–Trinajstić information content (AvgIpc) is 2.75. The van der Waals surface area contributed by atoms with Gasteiger partial charge in [-0.15, -0.1) is 0 Å². The standard InChI is InChI=1S/C13H26N2/c1-10-7-15(8-11(10)2)9-13-5-3-4-12(13)6-14/h10-13H,3-9,14H2,1-2H3. The molecule has 1 aliphatic heterocycles. The Labute approximate surface area is 94.2 Å². The lowest BCUT2D eigenvalue weighted by Gasteiger charge is -2.24. The molecule has 2 nitrogen and oxygen atoms in total. The first-order valence-electron chi connectivity index (χ1n) is 6.63. The summed E-state index contributed by atoms with van der Waals surface area (Å²) in [6, 6.07) is 0. The van der Waals surface area contributed by atoms with Crippen LogP contribution >= 0.6 is 0 Å². The van der Waals surface area contributed by atoms with Crippen LogP contribution in [0, 0.1) is 23.7 Å². The lowest BCUT2D eigenvalue weighted by Crippen LogP contribution is -2.31. The number of nitrogens with two attached hydrogens (primary N) is 1. The van der Waals surface area contributed by atoms with Crippen molar-refractivity contribution in [2.75, 3.05) is 26.2 Å². The fourth-order valence-corrected chi connectivity index (χ4v) is 3.39. The summed E-state index contributed by atoms with van der Waals surface area (Å²) < 4.78 is 0.